The molecule has 1 fully saturated rings. The van der Waals surface area contributed by atoms with Gasteiger partial charge in [-0.3, -0.25) is 0 Å². The van der Waals surface area contributed by atoms with Crippen LogP contribution in [-0.2, 0) is 12.8 Å². The number of rotatable bonds is 9. The fourth-order valence-corrected chi connectivity index (χ4v) is 3.21. The van der Waals surface area contributed by atoms with Gasteiger partial charge in [0.25, 0.3) is 0 Å². The zero-order chi connectivity index (χ0) is 14.0. The lowest BCUT2D eigenvalue weighted by atomic mass is 10.0. The van der Waals surface area contributed by atoms with E-state index in [0.717, 1.165) is 0 Å². The van der Waals surface area contributed by atoms with E-state index in [-0.39, 0.29) is 0 Å². The molecular formula is C19H31N. The molecule has 1 aromatic rings. The molecule has 0 N–H and O–H groups in total. The van der Waals surface area contributed by atoms with Crippen LogP contribution >= 0.6 is 0 Å². The van der Waals surface area contributed by atoms with Crippen LogP contribution in [0.3, 0.4) is 0 Å². The second-order valence-corrected chi connectivity index (χ2v) is 6.28. The average molecular weight is 273 g/mol. The summed E-state index contributed by atoms with van der Waals surface area (Å²) in [6.07, 6.45) is 12.1. The maximum Gasteiger partial charge on any atom is -0.00156 e. The number of hydrogen-bond acceptors (Lipinski definition) is 1. The molecule has 112 valence electrons. The molecule has 0 saturated carbocycles. The number of aryl methyl sites for hydroxylation is 2. The van der Waals surface area contributed by atoms with E-state index in [1.54, 1.807) is 5.56 Å². The molecule has 1 heteroatoms. The molecule has 2 rings (SSSR count). The fraction of sp³-hybridized carbons (Fsp3) is 0.684. The van der Waals surface area contributed by atoms with E-state index in [1.165, 1.54) is 83.0 Å². The highest BCUT2D eigenvalue weighted by atomic mass is 15.1. The van der Waals surface area contributed by atoms with Gasteiger partial charge in [-0.25, -0.2) is 0 Å². The predicted octanol–water partition coefficient (Wildman–Crippen LogP) is 4.84. The minimum atomic E-state index is 1.25. The summed E-state index contributed by atoms with van der Waals surface area (Å²) in [5, 5.41) is 0. The topological polar surface area (TPSA) is 3.24 Å². The molecule has 1 saturated heterocycles. The van der Waals surface area contributed by atoms with E-state index in [9.17, 15) is 0 Å². The lowest BCUT2D eigenvalue weighted by Crippen LogP contribution is -2.20. The maximum absolute atomic E-state index is 2.62. The van der Waals surface area contributed by atoms with Gasteiger partial charge >= 0.3 is 0 Å². The highest BCUT2D eigenvalue weighted by Crippen LogP contribution is 2.13. The Morgan fingerprint density at radius 1 is 0.900 bits per heavy atom. The lowest BCUT2D eigenvalue weighted by molar-refractivity contribution is 0.334. The predicted molar refractivity (Wildman–Crippen MR) is 88.3 cm³/mol. The third-order valence-corrected chi connectivity index (χ3v) is 4.45. The summed E-state index contributed by atoms with van der Waals surface area (Å²) in [4.78, 5) is 2.62. The van der Waals surface area contributed by atoms with Gasteiger partial charge < -0.3 is 4.90 Å². The maximum atomic E-state index is 2.62. The molecule has 0 aliphatic carbocycles. The summed E-state index contributed by atoms with van der Waals surface area (Å²) < 4.78 is 0. The molecule has 1 aromatic carbocycles. The summed E-state index contributed by atoms with van der Waals surface area (Å²) in [5.41, 5.74) is 3.08. The molecule has 20 heavy (non-hydrogen) atoms. The quantitative estimate of drug-likeness (QED) is 0.582. The van der Waals surface area contributed by atoms with E-state index in [4.69, 9.17) is 0 Å². The van der Waals surface area contributed by atoms with Crippen LogP contribution in [0.25, 0.3) is 0 Å². The Bertz CT molecular complexity index is 366. The van der Waals surface area contributed by atoms with Gasteiger partial charge in [-0.2, -0.15) is 0 Å². The van der Waals surface area contributed by atoms with Gasteiger partial charge in [0, 0.05) is 0 Å². The fourth-order valence-electron chi connectivity index (χ4n) is 3.21. The first-order chi connectivity index (χ1) is 9.88. The average Bonchev–Trinajstić information content (AvgIpc) is 2.97. The number of nitrogens with zero attached hydrogens (tertiary/aromatic N) is 1. The molecule has 1 aliphatic heterocycles. The van der Waals surface area contributed by atoms with Crippen LogP contribution in [0.15, 0.2) is 24.3 Å². The molecule has 1 aliphatic rings. The highest BCUT2D eigenvalue weighted by molar-refractivity contribution is 5.23. The van der Waals surface area contributed by atoms with Crippen molar-refractivity contribution in [1.29, 1.82) is 0 Å². The first-order valence-corrected chi connectivity index (χ1v) is 8.68. The highest BCUT2D eigenvalue weighted by Gasteiger charge is 2.10. The Hall–Kier alpha value is -0.820. The van der Waals surface area contributed by atoms with Crippen molar-refractivity contribution in [2.45, 2.75) is 64.7 Å². The second kappa shape index (κ2) is 9.18. The first-order valence-electron chi connectivity index (χ1n) is 8.68. The second-order valence-electron chi connectivity index (χ2n) is 6.28. The zero-order valence-electron chi connectivity index (χ0n) is 13.2. The van der Waals surface area contributed by atoms with Gasteiger partial charge in [0.1, 0.15) is 0 Å². The smallest absolute Gasteiger partial charge is 0.00156 e. The van der Waals surface area contributed by atoms with Gasteiger partial charge in [-0.15, -0.1) is 0 Å². The van der Waals surface area contributed by atoms with Crippen molar-refractivity contribution in [2.24, 2.45) is 0 Å². The third-order valence-electron chi connectivity index (χ3n) is 4.45. The van der Waals surface area contributed by atoms with Crippen molar-refractivity contribution in [2.75, 3.05) is 19.6 Å². The molecule has 0 spiro atoms. The van der Waals surface area contributed by atoms with Gasteiger partial charge in [0.05, 0.1) is 0 Å². The van der Waals surface area contributed by atoms with Crippen molar-refractivity contribution in [3.05, 3.63) is 35.4 Å². The molecule has 0 bridgehead atoms. The van der Waals surface area contributed by atoms with Crippen LogP contribution in [0.4, 0.5) is 0 Å². The summed E-state index contributed by atoms with van der Waals surface area (Å²) in [6, 6.07) is 9.30. The van der Waals surface area contributed by atoms with Crippen LogP contribution in [-0.4, -0.2) is 24.5 Å². The van der Waals surface area contributed by atoms with E-state index < -0.39 is 0 Å². The minimum Gasteiger partial charge on any atom is -0.303 e. The Balaban J connectivity index is 1.68. The van der Waals surface area contributed by atoms with E-state index >= 15 is 0 Å². The third kappa shape index (κ3) is 5.66. The van der Waals surface area contributed by atoms with Crippen molar-refractivity contribution in [1.82, 2.24) is 4.90 Å². The van der Waals surface area contributed by atoms with Crippen molar-refractivity contribution in [3.63, 3.8) is 0 Å². The minimum absolute atomic E-state index is 1.25. The summed E-state index contributed by atoms with van der Waals surface area (Å²) >= 11 is 0. The summed E-state index contributed by atoms with van der Waals surface area (Å²) in [6.45, 7) is 6.23. The van der Waals surface area contributed by atoms with Crippen LogP contribution in [0.1, 0.15) is 63.0 Å². The Labute approximate surface area is 125 Å². The number of hydrogen-bond donors (Lipinski definition) is 0. The van der Waals surface area contributed by atoms with Gasteiger partial charge in [-0.1, -0.05) is 50.5 Å². The number of likely N-dealkylation sites (tertiary alicyclic amines) is 1. The Kier molecular flexibility index (Phi) is 7.14. The summed E-state index contributed by atoms with van der Waals surface area (Å²) in [7, 11) is 0. The molecule has 0 aromatic heterocycles. The van der Waals surface area contributed by atoms with Crippen LogP contribution < -0.4 is 0 Å². The zero-order valence-corrected chi connectivity index (χ0v) is 13.2. The standard InChI is InChI=1S/C19H31N/c1-2-3-4-5-10-18-11-8-12-19(17-18)13-9-16-20-14-6-7-15-20/h8,11-12,17H,2-7,9-10,13-16H2,1H3. The van der Waals surface area contributed by atoms with E-state index in [1.807, 2.05) is 0 Å². The molecule has 0 radical (unpaired) electrons. The number of benzene rings is 1. The molecule has 0 amide bonds. The Morgan fingerprint density at radius 3 is 2.30 bits per heavy atom. The first kappa shape index (κ1) is 15.6. The molecule has 0 atom stereocenters. The molecule has 1 nitrogen and oxygen atoms in total. The van der Waals surface area contributed by atoms with E-state index in [2.05, 4.69) is 36.1 Å². The SMILES string of the molecule is CCCCCCc1cccc(CCCN2CCCC2)c1. The van der Waals surface area contributed by atoms with Crippen LogP contribution in [0, 0.1) is 0 Å². The van der Waals surface area contributed by atoms with Crippen LogP contribution in [0.2, 0.25) is 0 Å². The van der Waals surface area contributed by atoms with E-state index in [0.29, 0.717) is 0 Å². The van der Waals surface area contributed by atoms with Crippen molar-refractivity contribution in [3.8, 4) is 0 Å². The lowest BCUT2D eigenvalue weighted by Gasteiger charge is -2.14. The van der Waals surface area contributed by atoms with Crippen molar-refractivity contribution < 1.29 is 0 Å². The van der Waals surface area contributed by atoms with Gasteiger partial charge in [-0.05, 0) is 69.3 Å². The molecule has 1 heterocycles. The van der Waals surface area contributed by atoms with Crippen molar-refractivity contribution >= 4 is 0 Å². The summed E-state index contributed by atoms with van der Waals surface area (Å²) in [5.74, 6) is 0. The monoisotopic (exact) mass is 273 g/mol. The number of unbranched alkanes of at least 4 members (excludes halogenated alkanes) is 3. The Morgan fingerprint density at radius 2 is 1.60 bits per heavy atom. The molecule has 0 unspecified atom stereocenters. The normalized spacial score (nSPS) is 15.8. The molecular weight excluding hydrogens is 242 g/mol. The van der Waals surface area contributed by atoms with Gasteiger partial charge in [0.15, 0.2) is 0 Å². The van der Waals surface area contributed by atoms with Gasteiger partial charge in [0.2, 0.25) is 0 Å². The largest absolute Gasteiger partial charge is 0.303 e. The van der Waals surface area contributed by atoms with Crippen LogP contribution in [0.5, 0.6) is 0 Å².